The summed E-state index contributed by atoms with van der Waals surface area (Å²) in [5.41, 5.74) is 1.09. The summed E-state index contributed by atoms with van der Waals surface area (Å²) in [5.74, 6) is 0.626. The molecular formula is C12H10O2S. The molecule has 0 amide bonds. The van der Waals surface area contributed by atoms with Crippen molar-refractivity contribution >= 4 is 11.8 Å². The largest absolute Gasteiger partial charge is 0.508 e. The van der Waals surface area contributed by atoms with E-state index in [1.807, 2.05) is 24.3 Å². The predicted molar refractivity (Wildman–Crippen MR) is 61.0 cm³/mol. The minimum atomic E-state index is -0.0506. The third kappa shape index (κ3) is 1.27. The first kappa shape index (κ1) is 8.92. The van der Waals surface area contributed by atoms with Crippen LogP contribution >= 0.6 is 11.8 Å². The number of phenolic OH excluding ortho intramolecular Hbond substituents is 1. The smallest absolute Gasteiger partial charge is 0.115 e. The molecule has 3 rings (SSSR count). The van der Waals surface area contributed by atoms with Crippen LogP contribution in [-0.2, 0) is 4.75 Å². The third-order valence-electron chi connectivity index (χ3n) is 2.81. The van der Waals surface area contributed by atoms with Gasteiger partial charge in [-0.05, 0) is 29.8 Å². The fourth-order valence-corrected chi connectivity index (χ4v) is 3.22. The van der Waals surface area contributed by atoms with Crippen LogP contribution in [0.4, 0.5) is 0 Å². The van der Waals surface area contributed by atoms with Crippen LogP contribution in [0.1, 0.15) is 5.56 Å². The zero-order chi connectivity index (χ0) is 10.5. The van der Waals surface area contributed by atoms with Crippen LogP contribution < -0.4 is 0 Å². The maximum absolute atomic E-state index is 9.43. The van der Waals surface area contributed by atoms with E-state index in [4.69, 9.17) is 0 Å². The number of rotatable bonds is 1. The van der Waals surface area contributed by atoms with Crippen molar-refractivity contribution in [2.24, 2.45) is 0 Å². The summed E-state index contributed by atoms with van der Waals surface area (Å²) in [4.78, 5) is 0. The number of aromatic hydroxyl groups is 1. The summed E-state index contributed by atoms with van der Waals surface area (Å²) in [6, 6.07) is 7.31. The number of benzene rings is 1. The quantitative estimate of drug-likeness (QED) is 0.712. The highest BCUT2D eigenvalue weighted by Gasteiger charge is 2.55. The molecule has 1 saturated heterocycles. The van der Waals surface area contributed by atoms with Gasteiger partial charge in [0.15, 0.2) is 0 Å². The Balaban J connectivity index is 2.02. The Hall–Kier alpha value is -1.35. The second-order valence-corrected chi connectivity index (χ2v) is 5.23. The van der Waals surface area contributed by atoms with Crippen molar-refractivity contribution in [3.05, 3.63) is 53.8 Å². The molecule has 2 N–H and O–H groups in total. The Morgan fingerprint density at radius 3 is 2.87 bits per heavy atom. The highest BCUT2D eigenvalue weighted by Crippen LogP contribution is 2.64. The molecule has 0 radical (unpaired) electrons. The average molecular weight is 218 g/mol. The number of hydrogen-bond acceptors (Lipinski definition) is 3. The summed E-state index contributed by atoms with van der Waals surface area (Å²) in [7, 11) is 0. The molecular weight excluding hydrogens is 208 g/mol. The Bertz CT molecular complexity index is 478. The van der Waals surface area contributed by atoms with E-state index < -0.39 is 0 Å². The van der Waals surface area contributed by atoms with Gasteiger partial charge in [0.05, 0.1) is 10.00 Å². The second-order valence-electron chi connectivity index (χ2n) is 3.81. The number of allylic oxidation sites excluding steroid dienone is 1. The zero-order valence-corrected chi connectivity index (χ0v) is 8.74. The Morgan fingerprint density at radius 2 is 2.13 bits per heavy atom. The number of aliphatic hydroxyl groups is 1. The lowest BCUT2D eigenvalue weighted by Gasteiger charge is -2.13. The van der Waals surface area contributed by atoms with E-state index in [-0.39, 0.29) is 4.75 Å². The minimum absolute atomic E-state index is 0.0506. The lowest BCUT2D eigenvalue weighted by molar-refractivity contribution is 0.427. The first-order valence-corrected chi connectivity index (χ1v) is 5.66. The van der Waals surface area contributed by atoms with Gasteiger partial charge in [-0.2, -0.15) is 0 Å². The van der Waals surface area contributed by atoms with Crippen molar-refractivity contribution in [1.82, 2.24) is 0 Å². The molecule has 1 aromatic carbocycles. The maximum atomic E-state index is 9.43. The predicted octanol–water partition coefficient (Wildman–Crippen LogP) is 2.71. The van der Waals surface area contributed by atoms with Gasteiger partial charge in [0.1, 0.15) is 11.5 Å². The standard InChI is InChI=1S/C12H10O2S/c13-9-3-1-2-8(6-9)12-5-4-10(14)7-11(12)15-12/h1-7,11,13-14H. The number of aliphatic hydroxyl groups excluding tert-OH is 1. The van der Waals surface area contributed by atoms with Crippen LogP contribution in [0.3, 0.4) is 0 Å². The second kappa shape index (κ2) is 2.83. The van der Waals surface area contributed by atoms with E-state index >= 15 is 0 Å². The number of phenols is 1. The van der Waals surface area contributed by atoms with E-state index in [0.29, 0.717) is 16.8 Å². The summed E-state index contributed by atoms with van der Waals surface area (Å²) in [6.45, 7) is 0. The molecule has 1 aromatic rings. The maximum Gasteiger partial charge on any atom is 0.115 e. The van der Waals surface area contributed by atoms with Crippen molar-refractivity contribution in [3.8, 4) is 5.75 Å². The molecule has 2 nitrogen and oxygen atoms in total. The van der Waals surface area contributed by atoms with Crippen molar-refractivity contribution in [2.45, 2.75) is 10.00 Å². The molecule has 2 unspecified atom stereocenters. The summed E-state index contributed by atoms with van der Waals surface area (Å²) in [6.07, 6.45) is 5.59. The van der Waals surface area contributed by atoms with Crippen molar-refractivity contribution in [1.29, 1.82) is 0 Å². The van der Waals surface area contributed by atoms with E-state index in [9.17, 15) is 10.2 Å². The lowest BCUT2D eigenvalue weighted by atomic mass is 9.92. The van der Waals surface area contributed by atoms with Gasteiger partial charge in [-0.1, -0.05) is 18.2 Å². The van der Waals surface area contributed by atoms with Gasteiger partial charge in [-0.3, -0.25) is 0 Å². The van der Waals surface area contributed by atoms with E-state index in [1.165, 1.54) is 0 Å². The fourth-order valence-electron chi connectivity index (χ4n) is 1.97. The van der Waals surface area contributed by atoms with Crippen LogP contribution in [-0.4, -0.2) is 15.5 Å². The molecule has 0 aromatic heterocycles. The molecule has 0 spiro atoms. The van der Waals surface area contributed by atoms with Crippen LogP contribution in [0.5, 0.6) is 5.75 Å². The molecule has 1 aliphatic heterocycles. The molecule has 2 aliphatic rings. The van der Waals surface area contributed by atoms with Gasteiger partial charge in [0, 0.05) is 0 Å². The van der Waals surface area contributed by atoms with Gasteiger partial charge < -0.3 is 10.2 Å². The molecule has 15 heavy (non-hydrogen) atoms. The number of hydrogen-bond donors (Lipinski definition) is 2. The van der Waals surface area contributed by atoms with Gasteiger partial charge >= 0.3 is 0 Å². The first-order valence-electron chi connectivity index (χ1n) is 4.78. The third-order valence-corrected chi connectivity index (χ3v) is 4.33. The monoisotopic (exact) mass is 218 g/mol. The lowest BCUT2D eigenvalue weighted by Crippen LogP contribution is -2.10. The molecule has 76 valence electrons. The summed E-state index contributed by atoms with van der Waals surface area (Å²) < 4.78 is -0.0506. The molecule has 0 bridgehead atoms. The first-order chi connectivity index (χ1) is 7.21. The number of fused-ring (bicyclic) bond motifs is 1. The van der Waals surface area contributed by atoms with Crippen LogP contribution in [0.2, 0.25) is 0 Å². The van der Waals surface area contributed by atoms with Crippen molar-refractivity contribution < 1.29 is 10.2 Å². The normalized spacial score (nSPS) is 32.0. The molecule has 3 heteroatoms. The molecule has 1 aliphatic carbocycles. The molecule has 2 atom stereocenters. The van der Waals surface area contributed by atoms with E-state index in [1.54, 1.807) is 30.0 Å². The Morgan fingerprint density at radius 1 is 1.27 bits per heavy atom. The van der Waals surface area contributed by atoms with Crippen LogP contribution in [0.15, 0.2) is 48.3 Å². The van der Waals surface area contributed by atoms with Crippen LogP contribution in [0.25, 0.3) is 0 Å². The van der Waals surface area contributed by atoms with Gasteiger partial charge in [-0.25, -0.2) is 0 Å². The topological polar surface area (TPSA) is 40.5 Å². The fraction of sp³-hybridized carbons (Fsp3) is 0.167. The Kier molecular flexibility index (Phi) is 1.68. The van der Waals surface area contributed by atoms with E-state index in [0.717, 1.165) is 5.56 Å². The molecule has 1 heterocycles. The van der Waals surface area contributed by atoms with Crippen molar-refractivity contribution in [3.63, 3.8) is 0 Å². The highest BCUT2D eigenvalue weighted by molar-refractivity contribution is 8.08. The molecule has 0 saturated carbocycles. The molecule has 1 fully saturated rings. The zero-order valence-electron chi connectivity index (χ0n) is 7.92. The average Bonchev–Trinajstić information content (AvgIpc) is 2.92. The van der Waals surface area contributed by atoms with Gasteiger partial charge in [0.25, 0.3) is 0 Å². The van der Waals surface area contributed by atoms with Crippen LogP contribution in [0, 0.1) is 0 Å². The van der Waals surface area contributed by atoms with Crippen molar-refractivity contribution in [2.75, 3.05) is 0 Å². The minimum Gasteiger partial charge on any atom is -0.508 e. The van der Waals surface area contributed by atoms with E-state index in [2.05, 4.69) is 0 Å². The SMILES string of the molecule is OC1=CC2SC2(c2cccc(O)c2)C=C1. The van der Waals surface area contributed by atoms with Gasteiger partial charge in [-0.15, -0.1) is 11.8 Å². The highest BCUT2D eigenvalue weighted by atomic mass is 32.2. The van der Waals surface area contributed by atoms with Gasteiger partial charge in [0.2, 0.25) is 0 Å². The number of thioether (sulfide) groups is 1. The Labute approximate surface area is 91.9 Å². The summed E-state index contributed by atoms with van der Waals surface area (Å²) >= 11 is 1.78. The summed E-state index contributed by atoms with van der Waals surface area (Å²) in [5, 5.41) is 19.1.